The number of nitrogens with zero attached hydrogens (tertiary/aromatic N) is 2. The molecule has 0 N–H and O–H groups in total. The smallest absolute Gasteiger partial charge is 0.426 e. The molecule has 8 rings (SSSR count). The minimum absolute atomic E-state index is 0.380. The van der Waals surface area contributed by atoms with Gasteiger partial charge in [0.25, 0.3) is 11.9 Å². The summed E-state index contributed by atoms with van der Waals surface area (Å²) in [5, 5.41) is 17.7. The van der Waals surface area contributed by atoms with Crippen molar-refractivity contribution in [2.45, 2.75) is 0 Å². The number of nitriles is 2. The van der Waals surface area contributed by atoms with E-state index in [1.54, 1.807) is 60.7 Å². The summed E-state index contributed by atoms with van der Waals surface area (Å²) in [4.78, 5) is 0. The molecule has 0 aliphatic carbocycles. The Labute approximate surface area is 408 Å². The van der Waals surface area contributed by atoms with Gasteiger partial charge in [-0.3, -0.25) is 0 Å². The lowest BCUT2D eigenvalue weighted by Gasteiger charge is -2.44. The number of hydrogen-bond donors (Lipinski definition) is 0. The van der Waals surface area contributed by atoms with E-state index in [1.165, 1.54) is 0 Å². The Bertz CT molecular complexity index is 3160. The number of hydrogen-bond acceptors (Lipinski definition) is 6. The van der Waals surface area contributed by atoms with Crippen molar-refractivity contribution in [2.24, 2.45) is 0 Å². The third kappa shape index (κ3) is 9.17. The predicted molar refractivity (Wildman–Crippen MR) is 206 cm³/mol. The molecule has 0 saturated heterocycles. The lowest BCUT2D eigenvalue weighted by molar-refractivity contribution is -0.636. The molecule has 0 unspecified atom stereocenters. The first kappa shape index (κ1) is 53.6. The average molecular weight is 1170 g/mol. The first-order valence-electron chi connectivity index (χ1n) is 19.4. The molecule has 74 heavy (non-hydrogen) atoms. The molecule has 380 valence electrons. The second-order valence-electron chi connectivity index (χ2n) is 14.5. The molecular formula is C46H12BF20IN2O4. The normalized spacial score (nSPS) is 11.3. The van der Waals surface area contributed by atoms with Crippen LogP contribution in [0.3, 0.4) is 0 Å². The van der Waals surface area contributed by atoms with E-state index >= 15 is 35.1 Å². The maximum Gasteiger partial charge on any atom is 0.443 e. The van der Waals surface area contributed by atoms with Crippen molar-refractivity contribution in [3.8, 4) is 35.5 Å². The topological polar surface area (TPSA) is 92.3 Å². The van der Waals surface area contributed by atoms with E-state index in [0.29, 0.717) is 34.5 Å². The van der Waals surface area contributed by atoms with Gasteiger partial charge in [-0.15, -0.1) is 21.9 Å². The molecule has 0 bridgehead atoms. The van der Waals surface area contributed by atoms with E-state index < -0.39 is 166 Å². The highest BCUT2D eigenvalue weighted by molar-refractivity contribution is 7.20. The van der Waals surface area contributed by atoms with Crippen LogP contribution >= 0.6 is 0 Å². The highest BCUT2D eigenvalue weighted by atomic mass is 127. The SMILES string of the molecule is Fc1c(F)c(F)c([B-](c2c(F)c(F)c(F)c(F)c2F)(c2c(F)c(F)c(F)c(F)c2F)c2c(F)c(F)c(F)c(F)c2F)c(F)c1F.N#Cc1ccc(Oc2ccc([I+]c3ccc(Oc4ccc(C#N)cc4)o3)o2)cc1. The Morgan fingerprint density at radius 2 is 0.527 bits per heavy atom. The Hall–Kier alpha value is -8.15. The van der Waals surface area contributed by atoms with Gasteiger partial charge in [-0.1, -0.05) is 0 Å². The second kappa shape index (κ2) is 20.8. The second-order valence-corrected chi connectivity index (χ2v) is 17.2. The van der Waals surface area contributed by atoms with Crippen LogP contribution in [0.15, 0.2) is 81.6 Å². The molecular weight excluding hydrogens is 1160 g/mol. The van der Waals surface area contributed by atoms with Crippen LogP contribution in [0.5, 0.6) is 23.4 Å². The minimum atomic E-state index is -7.22. The number of furan rings is 2. The van der Waals surface area contributed by atoms with Crippen molar-refractivity contribution in [3.63, 3.8) is 0 Å². The number of benzene rings is 6. The standard InChI is InChI=1S/C24BF20.C22H12IN2O4/c26-5-1(6(27)14(35)21(42)13(5)34)25(2-7(28)15(36)22(43)16(37)8(2)29,3-9(30)17(38)23(44)18(39)10(3)31)4-11(32)19(40)24(45)20(41)12(4)33;24-13-15-1-5-17(6-2-15)26-21-11-9-19(28-21)23-20-10-12-22(29-20)27-18-7-3-16(14-25)4-8-18/h;1-12H/q-1;+1. The molecule has 2 heterocycles. The first-order chi connectivity index (χ1) is 34.9. The summed E-state index contributed by atoms with van der Waals surface area (Å²) in [7, 11) is 0. The minimum Gasteiger partial charge on any atom is -0.426 e. The lowest BCUT2D eigenvalue weighted by atomic mass is 9.12. The van der Waals surface area contributed by atoms with E-state index in [1.807, 2.05) is 12.1 Å². The summed E-state index contributed by atoms with van der Waals surface area (Å²) in [6.45, 7) is 0. The molecule has 2 aromatic heterocycles. The summed E-state index contributed by atoms with van der Waals surface area (Å²) < 4.78 is 318. The zero-order chi connectivity index (χ0) is 54.4. The van der Waals surface area contributed by atoms with Crippen LogP contribution in [-0.2, 0) is 0 Å². The van der Waals surface area contributed by atoms with Crippen LogP contribution in [0.2, 0.25) is 0 Å². The van der Waals surface area contributed by atoms with Crippen LogP contribution in [-0.4, -0.2) is 6.15 Å². The number of rotatable bonds is 10. The van der Waals surface area contributed by atoms with Crippen LogP contribution in [0.4, 0.5) is 87.8 Å². The lowest BCUT2D eigenvalue weighted by Crippen LogP contribution is -3.61. The Morgan fingerprint density at radius 3 is 0.743 bits per heavy atom. The quantitative estimate of drug-likeness (QED) is 0.0452. The van der Waals surface area contributed by atoms with Gasteiger partial charge >= 0.3 is 28.7 Å². The summed E-state index contributed by atoms with van der Waals surface area (Å²) in [6.07, 6.45) is -7.22. The van der Waals surface area contributed by atoms with E-state index in [2.05, 4.69) is 12.1 Å². The zero-order valence-corrected chi connectivity index (χ0v) is 37.1. The highest BCUT2D eigenvalue weighted by Gasteiger charge is 2.52. The molecule has 0 radical (unpaired) electrons. The molecule has 0 aliphatic heterocycles. The number of ether oxygens (including phenoxy) is 2. The summed E-state index contributed by atoms with van der Waals surface area (Å²) in [5.74, 6) is -69.5. The van der Waals surface area contributed by atoms with Crippen LogP contribution in [0, 0.1) is 147 Å². The van der Waals surface area contributed by atoms with Gasteiger partial charge < -0.3 is 18.3 Å². The fourth-order valence-electron chi connectivity index (χ4n) is 7.20. The van der Waals surface area contributed by atoms with Gasteiger partial charge in [0.05, 0.1) is 23.3 Å². The van der Waals surface area contributed by atoms with Gasteiger partial charge in [-0.05, 0) is 48.5 Å². The fraction of sp³-hybridized carbons (Fsp3) is 0. The molecule has 0 saturated carbocycles. The maximum absolute atomic E-state index is 15.4. The van der Waals surface area contributed by atoms with E-state index in [0.717, 1.165) is 7.53 Å². The third-order valence-electron chi connectivity index (χ3n) is 10.4. The maximum atomic E-state index is 15.4. The van der Waals surface area contributed by atoms with Crippen molar-refractivity contribution in [3.05, 3.63) is 208 Å². The van der Waals surface area contributed by atoms with E-state index in [9.17, 15) is 52.7 Å². The van der Waals surface area contributed by atoms with Gasteiger partial charge in [-0.25, -0.2) is 87.8 Å². The molecule has 28 heteroatoms. The molecule has 0 atom stereocenters. The molecule has 0 amide bonds. The predicted octanol–water partition coefficient (Wildman–Crippen LogP) is 8.17. The summed E-state index contributed by atoms with van der Waals surface area (Å²) in [6, 6.07) is 25.0. The van der Waals surface area contributed by atoms with Crippen LogP contribution < -0.4 is 52.5 Å². The molecule has 6 nitrogen and oxygen atoms in total. The molecule has 0 spiro atoms. The van der Waals surface area contributed by atoms with Gasteiger partial charge in [0.1, 0.15) is 64.2 Å². The fourth-order valence-corrected chi connectivity index (χ4v) is 9.10. The Morgan fingerprint density at radius 1 is 0.311 bits per heavy atom. The van der Waals surface area contributed by atoms with Crippen molar-refractivity contribution in [1.29, 1.82) is 10.5 Å². The summed E-state index contributed by atoms with van der Waals surface area (Å²) in [5.41, 5.74) is -13.2. The Kier molecular flexibility index (Phi) is 15.1. The Balaban J connectivity index is 0.000000237. The molecule has 6 aromatic carbocycles. The van der Waals surface area contributed by atoms with Gasteiger partial charge in [0.15, 0.2) is 69.8 Å². The van der Waals surface area contributed by atoms with E-state index in [4.69, 9.17) is 28.8 Å². The van der Waals surface area contributed by atoms with Crippen LogP contribution in [0.25, 0.3) is 0 Å². The number of halogens is 21. The van der Waals surface area contributed by atoms with Crippen LogP contribution in [0.1, 0.15) is 11.1 Å². The monoisotopic (exact) mass is 1170 g/mol. The van der Waals surface area contributed by atoms with Crippen molar-refractivity contribution in [2.75, 3.05) is 0 Å². The molecule has 0 aliphatic rings. The largest absolute Gasteiger partial charge is 0.443 e. The van der Waals surface area contributed by atoms with Gasteiger partial charge in [0, 0.05) is 24.3 Å². The van der Waals surface area contributed by atoms with Crippen molar-refractivity contribution >= 4 is 28.0 Å². The molecule has 0 fully saturated rings. The van der Waals surface area contributed by atoms with Gasteiger partial charge in [0.2, 0.25) is 0 Å². The molecule has 8 aromatic rings. The average Bonchev–Trinajstić information content (AvgIpc) is 4.05. The van der Waals surface area contributed by atoms with Crippen molar-refractivity contribution < 1.29 is 127 Å². The highest BCUT2D eigenvalue weighted by Crippen LogP contribution is 2.31. The third-order valence-corrected chi connectivity index (χ3v) is 12.6. The van der Waals surface area contributed by atoms with E-state index in [-0.39, 0.29) is 0 Å². The first-order valence-corrected chi connectivity index (χ1v) is 21.5. The zero-order valence-electron chi connectivity index (χ0n) is 35.0. The van der Waals surface area contributed by atoms with Crippen molar-refractivity contribution in [1.82, 2.24) is 0 Å². The summed E-state index contributed by atoms with van der Waals surface area (Å²) >= 11 is -0.678. The van der Waals surface area contributed by atoms with Gasteiger partial charge in [-0.2, -0.15) is 10.5 Å².